The Bertz CT molecular complexity index is 557. The largest absolute Gasteiger partial charge is 0.508 e. The fraction of sp³-hybridized carbons (Fsp3) is 0.250. The van der Waals surface area contributed by atoms with Crippen molar-refractivity contribution in [2.75, 3.05) is 18.5 Å². The summed E-state index contributed by atoms with van der Waals surface area (Å²) < 4.78 is 0.930. The molecule has 2 aromatic rings. The summed E-state index contributed by atoms with van der Waals surface area (Å²) in [7, 11) is 1.97. The number of rotatable bonds is 5. The molecule has 0 saturated heterocycles. The number of aliphatic hydroxyl groups excluding tert-OH is 1. The quantitative estimate of drug-likeness (QED) is 0.875. The number of phenols is 1. The smallest absolute Gasteiger partial charge is 0.115 e. The first-order valence-electron chi connectivity index (χ1n) is 6.50. The van der Waals surface area contributed by atoms with Gasteiger partial charge in [0.1, 0.15) is 5.75 Å². The third kappa shape index (κ3) is 3.74. The van der Waals surface area contributed by atoms with E-state index in [9.17, 15) is 10.2 Å². The highest BCUT2D eigenvalue weighted by molar-refractivity contribution is 9.10. The molecule has 3 nitrogen and oxygen atoms in total. The van der Waals surface area contributed by atoms with Crippen molar-refractivity contribution in [3.05, 3.63) is 58.6 Å². The minimum absolute atomic E-state index is 0.260. The van der Waals surface area contributed by atoms with E-state index in [4.69, 9.17) is 0 Å². The van der Waals surface area contributed by atoms with E-state index in [1.54, 1.807) is 12.1 Å². The zero-order valence-corrected chi connectivity index (χ0v) is 12.9. The highest BCUT2D eigenvalue weighted by Crippen LogP contribution is 2.26. The molecule has 2 N–H and O–H groups in total. The van der Waals surface area contributed by atoms with Gasteiger partial charge in [0.25, 0.3) is 0 Å². The van der Waals surface area contributed by atoms with Gasteiger partial charge >= 0.3 is 0 Å². The summed E-state index contributed by atoms with van der Waals surface area (Å²) in [6.45, 7) is 0.729. The van der Waals surface area contributed by atoms with Gasteiger partial charge in [-0.3, -0.25) is 0 Å². The molecule has 0 saturated carbocycles. The molecule has 20 heavy (non-hydrogen) atoms. The van der Waals surface area contributed by atoms with E-state index >= 15 is 0 Å². The molecule has 0 bridgehead atoms. The second-order valence-electron chi connectivity index (χ2n) is 4.76. The molecule has 0 aliphatic rings. The summed E-state index contributed by atoms with van der Waals surface area (Å²) in [5.41, 5.74) is 1.92. The van der Waals surface area contributed by atoms with E-state index in [1.165, 1.54) is 0 Å². The summed E-state index contributed by atoms with van der Waals surface area (Å²) in [5.74, 6) is 0.260. The molecule has 2 rings (SSSR count). The number of phenolic OH excluding ortho intramolecular Hbond substituents is 1. The molecule has 0 spiro atoms. The van der Waals surface area contributed by atoms with Crippen LogP contribution in [0.5, 0.6) is 5.75 Å². The van der Waals surface area contributed by atoms with Gasteiger partial charge in [0.15, 0.2) is 0 Å². The Morgan fingerprint density at radius 1 is 1.10 bits per heavy atom. The Morgan fingerprint density at radius 2 is 1.75 bits per heavy atom. The number of hydrogen-bond acceptors (Lipinski definition) is 3. The standard InChI is InChI=1S/C16H18BrNO2/c1-18(12-6-8-13(19)9-7-12)11-10-16(20)14-4-2-3-5-15(14)17/h2-9,16,19-20H,10-11H2,1H3. The number of aromatic hydroxyl groups is 1. The minimum atomic E-state index is -0.495. The minimum Gasteiger partial charge on any atom is -0.508 e. The van der Waals surface area contributed by atoms with Crippen LogP contribution in [0.25, 0.3) is 0 Å². The Morgan fingerprint density at radius 3 is 2.40 bits per heavy atom. The molecule has 0 aromatic heterocycles. The predicted octanol–water partition coefficient (Wildman–Crippen LogP) is 3.71. The molecule has 0 aliphatic carbocycles. The van der Waals surface area contributed by atoms with Crippen molar-refractivity contribution in [1.82, 2.24) is 0 Å². The van der Waals surface area contributed by atoms with E-state index in [0.717, 1.165) is 22.3 Å². The topological polar surface area (TPSA) is 43.7 Å². The van der Waals surface area contributed by atoms with Crippen molar-refractivity contribution < 1.29 is 10.2 Å². The molecule has 0 heterocycles. The van der Waals surface area contributed by atoms with Crippen LogP contribution in [0.4, 0.5) is 5.69 Å². The summed E-state index contributed by atoms with van der Waals surface area (Å²) in [6.07, 6.45) is 0.144. The highest BCUT2D eigenvalue weighted by atomic mass is 79.9. The monoisotopic (exact) mass is 335 g/mol. The zero-order valence-electron chi connectivity index (χ0n) is 11.3. The Hall–Kier alpha value is -1.52. The van der Waals surface area contributed by atoms with Crippen LogP contribution < -0.4 is 4.90 Å². The summed E-state index contributed by atoms with van der Waals surface area (Å²) in [4.78, 5) is 2.06. The lowest BCUT2D eigenvalue weighted by atomic mass is 10.1. The van der Waals surface area contributed by atoms with Gasteiger partial charge in [0, 0.05) is 23.8 Å². The van der Waals surface area contributed by atoms with E-state index < -0.39 is 6.10 Å². The van der Waals surface area contributed by atoms with Crippen LogP contribution in [0.2, 0.25) is 0 Å². The first-order chi connectivity index (χ1) is 9.58. The molecule has 4 heteroatoms. The zero-order chi connectivity index (χ0) is 14.5. The maximum Gasteiger partial charge on any atom is 0.115 e. The number of benzene rings is 2. The lowest BCUT2D eigenvalue weighted by Gasteiger charge is -2.21. The van der Waals surface area contributed by atoms with E-state index in [-0.39, 0.29) is 5.75 Å². The Labute approximate surface area is 127 Å². The lowest BCUT2D eigenvalue weighted by Crippen LogP contribution is -2.20. The van der Waals surface area contributed by atoms with Crippen LogP contribution in [0.15, 0.2) is 53.0 Å². The third-order valence-corrected chi connectivity index (χ3v) is 4.01. The van der Waals surface area contributed by atoms with Gasteiger partial charge < -0.3 is 15.1 Å². The van der Waals surface area contributed by atoms with Crippen molar-refractivity contribution in [1.29, 1.82) is 0 Å². The molecule has 106 valence electrons. The maximum atomic E-state index is 10.2. The molecule has 2 aromatic carbocycles. The lowest BCUT2D eigenvalue weighted by molar-refractivity contribution is 0.169. The van der Waals surface area contributed by atoms with Crippen LogP contribution in [-0.4, -0.2) is 23.8 Å². The first-order valence-corrected chi connectivity index (χ1v) is 7.30. The number of nitrogens with zero attached hydrogens (tertiary/aromatic N) is 1. The molecule has 1 unspecified atom stereocenters. The van der Waals surface area contributed by atoms with E-state index in [0.29, 0.717) is 6.42 Å². The summed E-state index contributed by atoms with van der Waals surface area (Å²) in [6, 6.07) is 14.8. The van der Waals surface area contributed by atoms with Crippen molar-refractivity contribution in [3.8, 4) is 5.75 Å². The normalized spacial score (nSPS) is 12.2. The number of hydrogen-bond donors (Lipinski definition) is 2. The van der Waals surface area contributed by atoms with Crippen molar-refractivity contribution in [2.45, 2.75) is 12.5 Å². The number of halogens is 1. The van der Waals surface area contributed by atoms with Crippen molar-refractivity contribution in [3.63, 3.8) is 0 Å². The Kier molecular flexibility index (Phi) is 5.04. The molecule has 1 atom stereocenters. The van der Waals surface area contributed by atoms with Crippen LogP contribution in [-0.2, 0) is 0 Å². The second kappa shape index (κ2) is 6.77. The molecule has 0 radical (unpaired) electrons. The van der Waals surface area contributed by atoms with Gasteiger partial charge in [-0.25, -0.2) is 0 Å². The predicted molar refractivity (Wildman–Crippen MR) is 85.1 cm³/mol. The summed E-state index contributed by atoms with van der Waals surface area (Å²) in [5, 5.41) is 19.5. The maximum absolute atomic E-state index is 10.2. The molecule has 0 fully saturated rings. The van der Waals surface area contributed by atoms with Gasteiger partial charge in [-0.1, -0.05) is 34.1 Å². The molecular formula is C16H18BrNO2. The Balaban J connectivity index is 1.95. The second-order valence-corrected chi connectivity index (χ2v) is 5.62. The van der Waals surface area contributed by atoms with Gasteiger partial charge in [0.05, 0.1) is 6.10 Å². The van der Waals surface area contributed by atoms with Gasteiger partial charge in [-0.2, -0.15) is 0 Å². The molecular weight excluding hydrogens is 318 g/mol. The van der Waals surface area contributed by atoms with Crippen LogP contribution >= 0.6 is 15.9 Å². The summed E-state index contributed by atoms with van der Waals surface area (Å²) >= 11 is 3.46. The van der Waals surface area contributed by atoms with Crippen LogP contribution in [0.3, 0.4) is 0 Å². The third-order valence-electron chi connectivity index (χ3n) is 3.29. The van der Waals surface area contributed by atoms with Crippen LogP contribution in [0, 0.1) is 0 Å². The first kappa shape index (κ1) is 14.9. The fourth-order valence-corrected chi connectivity index (χ4v) is 2.60. The van der Waals surface area contributed by atoms with Crippen molar-refractivity contribution >= 4 is 21.6 Å². The number of aliphatic hydroxyl groups is 1. The molecule has 0 aliphatic heterocycles. The van der Waals surface area contributed by atoms with Gasteiger partial charge in [0.2, 0.25) is 0 Å². The van der Waals surface area contributed by atoms with Gasteiger partial charge in [-0.15, -0.1) is 0 Å². The average molecular weight is 336 g/mol. The average Bonchev–Trinajstić information content (AvgIpc) is 2.45. The van der Waals surface area contributed by atoms with Gasteiger partial charge in [-0.05, 0) is 42.3 Å². The van der Waals surface area contributed by atoms with Crippen LogP contribution in [0.1, 0.15) is 18.1 Å². The van der Waals surface area contributed by atoms with E-state index in [1.807, 2.05) is 43.4 Å². The highest BCUT2D eigenvalue weighted by Gasteiger charge is 2.12. The number of anilines is 1. The SMILES string of the molecule is CN(CCC(O)c1ccccc1Br)c1ccc(O)cc1. The van der Waals surface area contributed by atoms with Crippen molar-refractivity contribution in [2.24, 2.45) is 0 Å². The molecule has 0 amide bonds. The van der Waals surface area contributed by atoms with E-state index in [2.05, 4.69) is 20.8 Å². The fourth-order valence-electron chi connectivity index (χ4n) is 2.05.